The molecule has 0 unspecified atom stereocenters. The molecule has 2 aromatic carbocycles. The number of halogens is 2. The van der Waals surface area contributed by atoms with Gasteiger partial charge in [-0.15, -0.1) is 0 Å². The van der Waals surface area contributed by atoms with Crippen LogP contribution < -0.4 is 9.50 Å². The fourth-order valence-corrected chi connectivity index (χ4v) is 3.37. The number of benzene rings is 2. The topological polar surface area (TPSA) is 72.5 Å². The average Bonchev–Trinajstić information content (AvgIpc) is 2.39. The number of carbonyl (C=O) groups excluding carboxylic acids is 1. The normalized spacial score (nSPS) is 11.0. The molecule has 116 valence electrons. The van der Waals surface area contributed by atoms with Crippen LogP contribution in [0, 0.1) is 0 Å². The first-order valence-electron chi connectivity index (χ1n) is 6.06. The second-order valence-corrected chi connectivity index (χ2v) is 6.65. The van der Waals surface area contributed by atoms with Crippen molar-refractivity contribution in [3.05, 3.63) is 52.5 Å². The maximum Gasteiger partial charge on any atom is 0.340 e. The van der Waals surface area contributed by atoms with Crippen LogP contribution in [0.15, 0.2) is 47.4 Å². The quantitative estimate of drug-likeness (QED) is 0.844. The highest BCUT2D eigenvalue weighted by Gasteiger charge is 2.22. The largest absolute Gasteiger partial charge is 0.377 e. The van der Waals surface area contributed by atoms with Crippen molar-refractivity contribution in [2.24, 2.45) is 0 Å². The van der Waals surface area contributed by atoms with Gasteiger partial charge in [0, 0.05) is 11.9 Å². The van der Waals surface area contributed by atoms with E-state index in [1.807, 2.05) is 0 Å². The Morgan fingerprint density at radius 2 is 1.82 bits per heavy atom. The summed E-state index contributed by atoms with van der Waals surface area (Å²) in [4.78, 5) is 10.9. The predicted molar refractivity (Wildman–Crippen MR) is 85.0 cm³/mol. The zero-order chi connectivity index (χ0) is 16.3. The van der Waals surface area contributed by atoms with Crippen molar-refractivity contribution < 1.29 is 17.4 Å². The zero-order valence-electron chi connectivity index (χ0n) is 11.3. The average molecular weight is 360 g/mol. The number of carbonyl (C=O) groups is 1. The van der Waals surface area contributed by atoms with Gasteiger partial charge in [-0.1, -0.05) is 35.3 Å². The van der Waals surface area contributed by atoms with Crippen LogP contribution in [0.1, 0.15) is 6.92 Å². The monoisotopic (exact) mass is 359 g/mol. The summed E-state index contributed by atoms with van der Waals surface area (Å²) in [6.07, 6.45) is 0. The van der Waals surface area contributed by atoms with Gasteiger partial charge in [0.05, 0.1) is 10.7 Å². The third-order valence-electron chi connectivity index (χ3n) is 2.56. The lowest BCUT2D eigenvalue weighted by molar-refractivity contribution is -0.114. The van der Waals surface area contributed by atoms with E-state index in [1.54, 1.807) is 12.1 Å². The molecule has 1 N–H and O–H groups in total. The summed E-state index contributed by atoms with van der Waals surface area (Å²) in [6.45, 7) is 1.31. The number of hydrogen-bond acceptors (Lipinski definition) is 4. The Hall–Kier alpha value is -1.76. The Morgan fingerprint density at radius 1 is 1.14 bits per heavy atom. The molecule has 2 aromatic rings. The number of amides is 1. The fourth-order valence-electron chi connectivity index (χ4n) is 1.67. The van der Waals surface area contributed by atoms with Crippen LogP contribution in [0.4, 0.5) is 5.69 Å². The van der Waals surface area contributed by atoms with Gasteiger partial charge in [-0.3, -0.25) is 4.79 Å². The molecule has 5 nitrogen and oxygen atoms in total. The van der Waals surface area contributed by atoms with Gasteiger partial charge in [0.15, 0.2) is 5.75 Å². The Morgan fingerprint density at radius 3 is 2.45 bits per heavy atom. The van der Waals surface area contributed by atoms with Crippen LogP contribution in [-0.4, -0.2) is 14.3 Å². The molecule has 0 saturated heterocycles. The van der Waals surface area contributed by atoms with Crippen LogP contribution in [0.5, 0.6) is 5.75 Å². The van der Waals surface area contributed by atoms with Crippen LogP contribution in [0.25, 0.3) is 0 Å². The molecule has 0 aliphatic rings. The first kappa shape index (κ1) is 16.6. The minimum Gasteiger partial charge on any atom is -0.377 e. The number of rotatable bonds is 4. The number of nitrogens with one attached hydrogen (secondary N) is 1. The molecular formula is C14H11Cl2NO4S. The molecule has 0 fully saturated rings. The smallest absolute Gasteiger partial charge is 0.340 e. The van der Waals surface area contributed by atoms with E-state index < -0.39 is 10.1 Å². The molecule has 0 aromatic heterocycles. The maximum absolute atomic E-state index is 12.3. The molecule has 0 radical (unpaired) electrons. The van der Waals surface area contributed by atoms with Crippen LogP contribution in [0.2, 0.25) is 10.0 Å². The van der Waals surface area contributed by atoms with Crippen LogP contribution in [0.3, 0.4) is 0 Å². The molecule has 0 saturated carbocycles. The second-order valence-electron chi connectivity index (χ2n) is 4.29. The molecular weight excluding hydrogens is 349 g/mol. The molecule has 0 heterocycles. The summed E-state index contributed by atoms with van der Waals surface area (Å²) < 4.78 is 29.7. The molecule has 0 atom stereocenters. The van der Waals surface area contributed by atoms with Gasteiger partial charge >= 0.3 is 10.1 Å². The van der Waals surface area contributed by atoms with E-state index in [0.717, 1.165) is 0 Å². The van der Waals surface area contributed by atoms with E-state index in [9.17, 15) is 13.2 Å². The summed E-state index contributed by atoms with van der Waals surface area (Å²) >= 11 is 11.6. The number of para-hydroxylation sites is 2. The van der Waals surface area contributed by atoms with Crippen molar-refractivity contribution in [1.82, 2.24) is 0 Å². The van der Waals surface area contributed by atoms with Crippen molar-refractivity contribution >= 4 is 44.9 Å². The maximum atomic E-state index is 12.3. The molecule has 2 rings (SSSR count). The van der Waals surface area contributed by atoms with Crippen molar-refractivity contribution in [2.75, 3.05) is 5.32 Å². The van der Waals surface area contributed by atoms with Crippen molar-refractivity contribution in [1.29, 1.82) is 0 Å². The standard InChI is InChI=1S/C14H11Cl2NO4S/c1-9(18)17-12-4-2-3-5-13(12)21-22(19,20)14-7-6-10(15)8-11(14)16/h2-8H,1H3,(H,17,18). The van der Waals surface area contributed by atoms with Crippen molar-refractivity contribution in [3.63, 3.8) is 0 Å². The van der Waals surface area contributed by atoms with Gasteiger partial charge in [-0.2, -0.15) is 8.42 Å². The fraction of sp³-hybridized carbons (Fsp3) is 0.0714. The van der Waals surface area contributed by atoms with Crippen LogP contribution in [-0.2, 0) is 14.9 Å². The van der Waals surface area contributed by atoms with Crippen LogP contribution >= 0.6 is 23.2 Å². The highest BCUT2D eigenvalue weighted by Crippen LogP contribution is 2.31. The Labute approximate surface area is 137 Å². The van der Waals surface area contributed by atoms with Gasteiger partial charge in [-0.05, 0) is 30.3 Å². The molecule has 1 amide bonds. The Kier molecular flexibility index (Phi) is 4.95. The molecule has 0 aliphatic heterocycles. The highest BCUT2D eigenvalue weighted by atomic mass is 35.5. The third kappa shape index (κ3) is 3.91. The van der Waals surface area contributed by atoms with Crippen molar-refractivity contribution in [2.45, 2.75) is 11.8 Å². The van der Waals surface area contributed by atoms with E-state index in [2.05, 4.69) is 5.32 Å². The minimum absolute atomic E-state index is 0.0104. The number of hydrogen-bond donors (Lipinski definition) is 1. The molecule has 8 heteroatoms. The molecule has 0 bridgehead atoms. The van der Waals surface area contributed by atoms with E-state index >= 15 is 0 Å². The Balaban J connectivity index is 2.39. The van der Waals surface area contributed by atoms with E-state index in [4.69, 9.17) is 27.4 Å². The lowest BCUT2D eigenvalue weighted by Gasteiger charge is -2.12. The molecule has 0 aliphatic carbocycles. The van der Waals surface area contributed by atoms with Gasteiger partial charge in [0.1, 0.15) is 4.90 Å². The van der Waals surface area contributed by atoms with E-state index in [-0.39, 0.29) is 27.3 Å². The second kappa shape index (κ2) is 6.56. The predicted octanol–water partition coefficient (Wildman–Crippen LogP) is 3.72. The Bertz CT molecular complexity index is 821. The van der Waals surface area contributed by atoms with Gasteiger partial charge in [0.25, 0.3) is 0 Å². The summed E-state index contributed by atoms with van der Waals surface area (Å²) in [5.41, 5.74) is 0.240. The van der Waals surface area contributed by atoms with Gasteiger partial charge in [0.2, 0.25) is 5.91 Å². The molecule has 0 spiro atoms. The first-order chi connectivity index (χ1) is 10.3. The van der Waals surface area contributed by atoms with E-state index in [1.165, 1.54) is 37.3 Å². The highest BCUT2D eigenvalue weighted by molar-refractivity contribution is 7.87. The SMILES string of the molecule is CC(=O)Nc1ccccc1OS(=O)(=O)c1ccc(Cl)cc1Cl. The summed E-state index contributed by atoms with van der Waals surface area (Å²) in [7, 11) is -4.16. The lowest BCUT2D eigenvalue weighted by Crippen LogP contribution is -2.13. The van der Waals surface area contributed by atoms with Gasteiger partial charge in [-0.25, -0.2) is 0 Å². The summed E-state index contributed by atoms with van der Waals surface area (Å²) in [5.74, 6) is -0.360. The first-order valence-corrected chi connectivity index (χ1v) is 8.22. The third-order valence-corrected chi connectivity index (χ3v) is 4.51. The number of anilines is 1. The van der Waals surface area contributed by atoms with E-state index in [0.29, 0.717) is 5.02 Å². The zero-order valence-corrected chi connectivity index (χ0v) is 13.7. The summed E-state index contributed by atoms with van der Waals surface area (Å²) in [5, 5.41) is 2.75. The van der Waals surface area contributed by atoms with Gasteiger partial charge < -0.3 is 9.50 Å². The molecule has 22 heavy (non-hydrogen) atoms. The summed E-state index contributed by atoms with van der Waals surface area (Å²) in [6, 6.07) is 10.1. The minimum atomic E-state index is -4.16. The van der Waals surface area contributed by atoms with Crippen molar-refractivity contribution in [3.8, 4) is 5.75 Å². The lowest BCUT2D eigenvalue weighted by atomic mass is 10.3.